The number of primary sulfonamides is 1. The van der Waals surface area contributed by atoms with Gasteiger partial charge in [0.05, 0.1) is 4.90 Å². The summed E-state index contributed by atoms with van der Waals surface area (Å²) in [6.45, 7) is -2.87. The number of hydrogen-bond acceptors (Lipinski definition) is 3. The topological polar surface area (TPSA) is 69.4 Å². The van der Waals surface area contributed by atoms with Gasteiger partial charge in [-0.25, -0.2) is 13.6 Å². The van der Waals surface area contributed by atoms with E-state index in [1.807, 2.05) is 0 Å². The third-order valence-electron chi connectivity index (χ3n) is 2.60. The Labute approximate surface area is 114 Å². The van der Waals surface area contributed by atoms with Gasteiger partial charge >= 0.3 is 6.61 Å². The maximum atomic E-state index is 12.0. The van der Waals surface area contributed by atoms with Gasteiger partial charge in [0, 0.05) is 0 Å². The molecule has 0 saturated carbocycles. The van der Waals surface area contributed by atoms with Crippen LogP contribution in [0.2, 0.25) is 0 Å². The van der Waals surface area contributed by atoms with Crippen LogP contribution >= 0.6 is 0 Å². The zero-order valence-corrected chi connectivity index (χ0v) is 11.0. The van der Waals surface area contributed by atoms with Crippen molar-refractivity contribution in [2.24, 2.45) is 5.14 Å². The molecule has 0 aliphatic rings. The molecule has 0 aliphatic heterocycles. The van der Waals surface area contributed by atoms with Gasteiger partial charge in [-0.2, -0.15) is 8.78 Å². The minimum absolute atomic E-state index is 0.0129. The molecule has 0 spiro atoms. The molecule has 2 aromatic rings. The van der Waals surface area contributed by atoms with Gasteiger partial charge in [-0.1, -0.05) is 24.3 Å². The summed E-state index contributed by atoms with van der Waals surface area (Å²) in [4.78, 5) is 0.0129. The van der Waals surface area contributed by atoms with E-state index in [0.717, 1.165) is 11.1 Å². The van der Waals surface area contributed by atoms with E-state index in [-0.39, 0.29) is 10.6 Å². The number of benzene rings is 2. The summed E-state index contributed by atoms with van der Waals surface area (Å²) < 4.78 is 50.5. The summed E-state index contributed by atoms with van der Waals surface area (Å²) in [5.74, 6) is 0.0601. The lowest BCUT2D eigenvalue weighted by atomic mass is 10.1. The van der Waals surface area contributed by atoms with Crippen LogP contribution < -0.4 is 9.88 Å². The van der Waals surface area contributed by atoms with Crippen LogP contribution in [0.1, 0.15) is 0 Å². The van der Waals surface area contributed by atoms with E-state index >= 15 is 0 Å². The normalized spacial score (nSPS) is 11.6. The number of nitrogens with two attached hydrogens (primary N) is 1. The monoisotopic (exact) mass is 299 g/mol. The molecular formula is C13H11F2NO3S. The second-order valence-corrected chi connectivity index (χ2v) is 5.53. The summed E-state index contributed by atoms with van der Waals surface area (Å²) >= 11 is 0. The van der Waals surface area contributed by atoms with Crippen molar-refractivity contribution in [2.45, 2.75) is 11.5 Å². The molecule has 0 amide bonds. The third-order valence-corrected chi connectivity index (χ3v) is 3.52. The van der Waals surface area contributed by atoms with Gasteiger partial charge in [-0.15, -0.1) is 0 Å². The smallest absolute Gasteiger partial charge is 0.387 e. The molecule has 2 rings (SSSR count). The second kappa shape index (κ2) is 5.56. The minimum Gasteiger partial charge on any atom is -0.435 e. The lowest BCUT2D eigenvalue weighted by Gasteiger charge is -2.06. The average molecular weight is 299 g/mol. The first kappa shape index (κ1) is 14.4. The second-order valence-electron chi connectivity index (χ2n) is 3.97. The SMILES string of the molecule is NS(=O)(=O)c1ccc(-c2ccc(OC(F)F)cc2)cc1. The average Bonchev–Trinajstić information content (AvgIpc) is 2.38. The number of ether oxygens (including phenoxy) is 1. The molecule has 20 heavy (non-hydrogen) atoms. The molecule has 7 heteroatoms. The quantitative estimate of drug-likeness (QED) is 0.943. The van der Waals surface area contributed by atoms with E-state index in [0.29, 0.717) is 0 Å². The molecule has 0 unspecified atom stereocenters. The Bertz CT molecular complexity index is 683. The van der Waals surface area contributed by atoms with Crippen molar-refractivity contribution in [2.75, 3.05) is 0 Å². The fourth-order valence-corrected chi connectivity index (χ4v) is 2.18. The maximum Gasteiger partial charge on any atom is 0.387 e. The summed E-state index contributed by atoms with van der Waals surface area (Å²) in [5, 5.41) is 5.00. The highest BCUT2D eigenvalue weighted by Gasteiger charge is 2.08. The molecule has 0 atom stereocenters. The molecule has 0 aliphatic carbocycles. The summed E-state index contributed by atoms with van der Waals surface area (Å²) in [5.41, 5.74) is 1.48. The predicted octanol–water partition coefficient (Wildman–Crippen LogP) is 2.60. The zero-order valence-electron chi connectivity index (χ0n) is 10.2. The molecule has 0 saturated heterocycles. The fraction of sp³-hybridized carbons (Fsp3) is 0.0769. The van der Waals surface area contributed by atoms with Gasteiger partial charge in [-0.3, -0.25) is 0 Å². The standard InChI is InChI=1S/C13H11F2NO3S/c14-13(15)19-11-5-1-9(2-6-11)10-3-7-12(8-4-10)20(16,17)18/h1-8,13H,(H2,16,17,18). The van der Waals surface area contributed by atoms with Crippen LogP contribution in [0.25, 0.3) is 11.1 Å². The van der Waals surface area contributed by atoms with Crippen LogP contribution in [0.5, 0.6) is 5.75 Å². The van der Waals surface area contributed by atoms with Crippen molar-refractivity contribution in [3.63, 3.8) is 0 Å². The van der Waals surface area contributed by atoms with Crippen LogP contribution in [0.4, 0.5) is 8.78 Å². The number of halogens is 2. The predicted molar refractivity (Wildman–Crippen MR) is 69.9 cm³/mol. The lowest BCUT2D eigenvalue weighted by molar-refractivity contribution is -0.0498. The van der Waals surface area contributed by atoms with E-state index in [4.69, 9.17) is 5.14 Å². The Balaban J connectivity index is 2.24. The highest BCUT2D eigenvalue weighted by Crippen LogP contribution is 2.24. The van der Waals surface area contributed by atoms with Crippen LogP contribution in [0, 0.1) is 0 Å². The highest BCUT2D eigenvalue weighted by molar-refractivity contribution is 7.89. The van der Waals surface area contributed by atoms with E-state index in [9.17, 15) is 17.2 Å². The van der Waals surface area contributed by atoms with Gasteiger partial charge < -0.3 is 4.74 Å². The largest absolute Gasteiger partial charge is 0.435 e. The Morgan fingerprint density at radius 1 is 0.900 bits per heavy atom. The Morgan fingerprint density at radius 3 is 1.75 bits per heavy atom. The van der Waals surface area contributed by atoms with Crippen molar-refractivity contribution >= 4 is 10.0 Å². The van der Waals surface area contributed by atoms with Crippen LogP contribution in [-0.4, -0.2) is 15.0 Å². The summed E-state index contributed by atoms with van der Waals surface area (Å²) in [7, 11) is -3.73. The van der Waals surface area contributed by atoms with Crippen LogP contribution in [0.3, 0.4) is 0 Å². The molecule has 0 bridgehead atoms. The van der Waals surface area contributed by atoms with E-state index in [1.165, 1.54) is 24.3 Å². The first-order chi connectivity index (χ1) is 9.36. The Kier molecular flexibility index (Phi) is 4.01. The van der Waals surface area contributed by atoms with Gasteiger partial charge in [0.2, 0.25) is 10.0 Å². The zero-order chi connectivity index (χ0) is 14.8. The maximum absolute atomic E-state index is 12.0. The minimum atomic E-state index is -3.73. The fourth-order valence-electron chi connectivity index (χ4n) is 1.67. The molecule has 0 radical (unpaired) electrons. The number of hydrogen-bond donors (Lipinski definition) is 1. The van der Waals surface area contributed by atoms with E-state index in [2.05, 4.69) is 4.74 Å². The van der Waals surface area contributed by atoms with E-state index in [1.54, 1.807) is 24.3 Å². The summed E-state index contributed by atoms with van der Waals surface area (Å²) in [6.07, 6.45) is 0. The molecule has 4 nitrogen and oxygen atoms in total. The first-order valence-electron chi connectivity index (χ1n) is 5.54. The van der Waals surface area contributed by atoms with Crippen molar-refractivity contribution in [3.8, 4) is 16.9 Å². The molecule has 2 N–H and O–H groups in total. The molecule has 0 fully saturated rings. The molecule has 106 valence electrons. The van der Waals surface area contributed by atoms with Crippen molar-refractivity contribution < 1.29 is 21.9 Å². The first-order valence-corrected chi connectivity index (χ1v) is 7.09. The molecule has 0 aromatic heterocycles. The Morgan fingerprint density at radius 2 is 1.35 bits per heavy atom. The van der Waals surface area contributed by atoms with Crippen molar-refractivity contribution in [1.82, 2.24) is 0 Å². The van der Waals surface area contributed by atoms with Gasteiger partial charge in [0.25, 0.3) is 0 Å². The highest BCUT2D eigenvalue weighted by atomic mass is 32.2. The van der Waals surface area contributed by atoms with Crippen LogP contribution in [0.15, 0.2) is 53.4 Å². The van der Waals surface area contributed by atoms with Gasteiger partial charge in [-0.05, 0) is 35.4 Å². The van der Waals surface area contributed by atoms with Crippen LogP contribution in [-0.2, 0) is 10.0 Å². The van der Waals surface area contributed by atoms with Gasteiger partial charge in [0.1, 0.15) is 5.75 Å². The molecule has 0 heterocycles. The number of sulfonamides is 1. The lowest BCUT2D eigenvalue weighted by Crippen LogP contribution is -2.11. The number of rotatable bonds is 4. The van der Waals surface area contributed by atoms with E-state index < -0.39 is 16.6 Å². The van der Waals surface area contributed by atoms with Crippen molar-refractivity contribution in [3.05, 3.63) is 48.5 Å². The van der Waals surface area contributed by atoms with Crippen molar-refractivity contribution in [1.29, 1.82) is 0 Å². The summed E-state index contributed by atoms with van der Waals surface area (Å²) in [6, 6.07) is 12.0. The van der Waals surface area contributed by atoms with Gasteiger partial charge in [0.15, 0.2) is 0 Å². The number of alkyl halides is 2. The third kappa shape index (κ3) is 3.52. The molecular weight excluding hydrogens is 288 g/mol. The Hall–Kier alpha value is -1.99. The molecule has 2 aromatic carbocycles.